The van der Waals surface area contributed by atoms with Gasteiger partial charge in [-0.25, -0.2) is 14.5 Å². The van der Waals surface area contributed by atoms with Crippen molar-refractivity contribution in [2.75, 3.05) is 24.2 Å². The van der Waals surface area contributed by atoms with Crippen molar-refractivity contribution in [1.29, 1.82) is 0 Å². The molecule has 2 aromatic carbocycles. The van der Waals surface area contributed by atoms with E-state index in [9.17, 15) is 9.59 Å². The number of nitrogens with one attached hydrogen (secondary N) is 1. The fraction of sp³-hybridized carbons (Fsp3) is 0.190. The smallest absolute Gasteiger partial charge is 0.338 e. The summed E-state index contributed by atoms with van der Waals surface area (Å²) in [6.45, 7) is 0.392. The van der Waals surface area contributed by atoms with Crippen LogP contribution < -0.4 is 5.32 Å². The van der Waals surface area contributed by atoms with Crippen molar-refractivity contribution in [3.63, 3.8) is 0 Å². The van der Waals surface area contributed by atoms with Crippen LogP contribution in [0.1, 0.15) is 15.9 Å². The molecule has 0 saturated heterocycles. The number of ether oxygens (including phenoxy) is 1. The highest BCUT2D eigenvalue weighted by molar-refractivity contribution is 8.38. The van der Waals surface area contributed by atoms with E-state index in [4.69, 9.17) is 16.3 Å². The van der Waals surface area contributed by atoms with Crippen LogP contribution in [0.2, 0.25) is 5.02 Å². The minimum Gasteiger partial charge on any atom is -0.452 e. The van der Waals surface area contributed by atoms with E-state index in [1.54, 1.807) is 53.9 Å². The molecule has 0 unspecified atom stereocenters. The standard InChI is InChI=1S/C21H18ClN5O3S2/c22-15-5-6-18(27-13-23-12-25-27)17(9-15)26-19(28)10-30-20(29)16-4-2-1-3-14(16)11-32-21-24-7-8-31-21/h1-6,9,12-13H,7-8,10-11H2,(H,26,28). The number of amides is 1. The number of thioether (sulfide) groups is 2. The van der Waals surface area contributed by atoms with Gasteiger partial charge >= 0.3 is 5.97 Å². The summed E-state index contributed by atoms with van der Waals surface area (Å²) in [5.74, 6) is 0.546. The second-order valence-corrected chi connectivity index (χ2v) is 9.31. The van der Waals surface area contributed by atoms with E-state index < -0.39 is 18.5 Å². The molecule has 1 aliphatic rings. The molecule has 1 N–H and O–H groups in total. The second-order valence-electron chi connectivity index (χ2n) is 6.57. The summed E-state index contributed by atoms with van der Waals surface area (Å²) < 4.78 is 7.80. The van der Waals surface area contributed by atoms with Gasteiger partial charge in [-0.05, 0) is 29.8 Å². The minimum atomic E-state index is -0.556. The van der Waals surface area contributed by atoms with Crippen LogP contribution in [0, 0.1) is 0 Å². The topological polar surface area (TPSA) is 98.5 Å². The summed E-state index contributed by atoms with van der Waals surface area (Å²) in [5.41, 5.74) is 2.28. The Balaban J connectivity index is 1.38. The van der Waals surface area contributed by atoms with E-state index >= 15 is 0 Å². The molecule has 2 heterocycles. The summed E-state index contributed by atoms with van der Waals surface area (Å²) >= 11 is 9.38. The average molecular weight is 488 g/mol. The molecule has 1 amide bonds. The van der Waals surface area contributed by atoms with Crippen molar-refractivity contribution in [3.05, 3.63) is 71.3 Å². The predicted molar refractivity (Wildman–Crippen MR) is 128 cm³/mol. The number of esters is 1. The third-order valence-electron chi connectivity index (χ3n) is 4.38. The molecule has 164 valence electrons. The zero-order valence-corrected chi connectivity index (χ0v) is 19.1. The van der Waals surface area contributed by atoms with Gasteiger partial charge in [-0.15, -0.1) is 0 Å². The van der Waals surface area contributed by atoms with E-state index in [-0.39, 0.29) is 0 Å². The largest absolute Gasteiger partial charge is 0.452 e. The van der Waals surface area contributed by atoms with Crippen LogP contribution in [0.3, 0.4) is 0 Å². The molecule has 32 heavy (non-hydrogen) atoms. The first-order chi connectivity index (χ1) is 15.6. The molecular weight excluding hydrogens is 470 g/mol. The first-order valence-corrected chi connectivity index (χ1v) is 11.9. The molecule has 1 aromatic heterocycles. The van der Waals surface area contributed by atoms with Crippen molar-refractivity contribution in [2.45, 2.75) is 5.75 Å². The van der Waals surface area contributed by atoms with E-state index in [0.29, 0.717) is 27.7 Å². The normalized spacial score (nSPS) is 13.0. The number of hydrogen-bond acceptors (Lipinski definition) is 8. The molecular formula is C21H18ClN5O3S2. The first kappa shape index (κ1) is 22.4. The number of aromatic nitrogens is 3. The van der Waals surface area contributed by atoms with Crippen molar-refractivity contribution in [1.82, 2.24) is 14.8 Å². The Bertz CT molecular complexity index is 1150. The van der Waals surface area contributed by atoms with Crippen LogP contribution >= 0.6 is 35.1 Å². The Hall–Kier alpha value is -2.82. The van der Waals surface area contributed by atoms with Gasteiger partial charge in [0.1, 0.15) is 17.0 Å². The monoisotopic (exact) mass is 487 g/mol. The molecule has 0 radical (unpaired) electrons. The summed E-state index contributed by atoms with van der Waals surface area (Å²) in [4.78, 5) is 33.4. The Kier molecular flexibility index (Phi) is 7.46. The Morgan fingerprint density at radius 2 is 2.12 bits per heavy atom. The van der Waals surface area contributed by atoms with E-state index in [1.165, 1.54) is 17.3 Å². The maximum Gasteiger partial charge on any atom is 0.338 e. The number of nitrogens with zero attached hydrogens (tertiary/aromatic N) is 4. The molecule has 0 atom stereocenters. The van der Waals surface area contributed by atoms with Crippen LogP contribution in [0.4, 0.5) is 5.69 Å². The molecule has 0 saturated carbocycles. The lowest BCUT2D eigenvalue weighted by Gasteiger charge is -2.12. The van der Waals surface area contributed by atoms with Gasteiger partial charge in [0.05, 0.1) is 23.5 Å². The first-order valence-electron chi connectivity index (χ1n) is 9.59. The molecule has 0 fully saturated rings. The number of halogens is 1. The highest BCUT2D eigenvalue weighted by Gasteiger charge is 2.17. The fourth-order valence-corrected chi connectivity index (χ4v) is 5.11. The van der Waals surface area contributed by atoms with Gasteiger partial charge in [0, 0.05) is 16.5 Å². The lowest BCUT2D eigenvalue weighted by Crippen LogP contribution is -2.22. The van der Waals surface area contributed by atoms with E-state index in [0.717, 1.165) is 22.2 Å². The van der Waals surface area contributed by atoms with Gasteiger partial charge in [0.25, 0.3) is 5.91 Å². The molecule has 11 heteroatoms. The van der Waals surface area contributed by atoms with Crippen LogP contribution in [0.25, 0.3) is 5.69 Å². The highest BCUT2D eigenvalue weighted by atomic mass is 35.5. The predicted octanol–water partition coefficient (Wildman–Crippen LogP) is 4.05. The third kappa shape index (κ3) is 5.70. The SMILES string of the molecule is O=C(COC(=O)c1ccccc1CSC1=NCCS1)Nc1cc(Cl)ccc1-n1cncn1. The Morgan fingerprint density at radius 1 is 1.25 bits per heavy atom. The maximum absolute atomic E-state index is 12.6. The summed E-state index contributed by atoms with van der Waals surface area (Å²) in [7, 11) is 0. The quantitative estimate of drug-likeness (QED) is 0.502. The van der Waals surface area contributed by atoms with Crippen LogP contribution in [0.5, 0.6) is 0 Å². The molecule has 0 aliphatic carbocycles. The van der Waals surface area contributed by atoms with Crippen LogP contribution in [0.15, 0.2) is 60.1 Å². The highest BCUT2D eigenvalue weighted by Crippen LogP contribution is 2.27. The number of benzene rings is 2. The molecule has 1 aliphatic heterocycles. The zero-order valence-electron chi connectivity index (χ0n) is 16.7. The van der Waals surface area contributed by atoms with E-state index in [1.807, 2.05) is 12.1 Å². The number of hydrogen-bond donors (Lipinski definition) is 1. The molecule has 0 bridgehead atoms. The van der Waals surface area contributed by atoms with Gasteiger partial charge < -0.3 is 10.1 Å². The maximum atomic E-state index is 12.6. The Morgan fingerprint density at radius 3 is 2.91 bits per heavy atom. The van der Waals surface area contributed by atoms with Gasteiger partial charge in [-0.2, -0.15) is 5.10 Å². The second kappa shape index (κ2) is 10.7. The van der Waals surface area contributed by atoms with Crippen molar-refractivity contribution in [2.24, 2.45) is 4.99 Å². The lowest BCUT2D eigenvalue weighted by molar-refractivity contribution is -0.119. The van der Waals surface area contributed by atoms with Crippen molar-refractivity contribution >= 4 is 57.1 Å². The molecule has 8 nitrogen and oxygen atoms in total. The van der Waals surface area contributed by atoms with Crippen LogP contribution in [-0.2, 0) is 15.3 Å². The average Bonchev–Trinajstić information content (AvgIpc) is 3.51. The third-order valence-corrected chi connectivity index (χ3v) is 6.92. The summed E-state index contributed by atoms with van der Waals surface area (Å²) in [5, 5.41) is 7.22. The van der Waals surface area contributed by atoms with Crippen molar-refractivity contribution in [3.8, 4) is 5.69 Å². The van der Waals surface area contributed by atoms with Gasteiger partial charge in [-0.3, -0.25) is 9.79 Å². The van der Waals surface area contributed by atoms with Crippen molar-refractivity contribution < 1.29 is 14.3 Å². The molecule has 4 rings (SSSR count). The van der Waals surface area contributed by atoms with E-state index in [2.05, 4.69) is 20.4 Å². The van der Waals surface area contributed by atoms with Gasteiger partial charge in [-0.1, -0.05) is 53.3 Å². The summed E-state index contributed by atoms with van der Waals surface area (Å²) in [6.07, 6.45) is 2.89. The number of carbonyl (C=O) groups is 2. The van der Waals surface area contributed by atoms with Gasteiger partial charge in [0.15, 0.2) is 6.61 Å². The number of carbonyl (C=O) groups excluding carboxylic acids is 2. The van der Waals surface area contributed by atoms with Crippen LogP contribution in [-0.4, -0.2) is 49.9 Å². The number of anilines is 1. The minimum absolute atomic E-state index is 0.427. The fourth-order valence-electron chi connectivity index (χ4n) is 2.92. The Labute approximate surface area is 197 Å². The lowest BCUT2D eigenvalue weighted by atomic mass is 10.1. The number of aliphatic imine (C=N–C) groups is 1. The zero-order chi connectivity index (χ0) is 22.3. The molecule has 3 aromatic rings. The number of rotatable bonds is 7. The van der Waals surface area contributed by atoms with Gasteiger partial charge in [0.2, 0.25) is 0 Å². The summed E-state index contributed by atoms with van der Waals surface area (Å²) in [6, 6.07) is 12.2. The molecule has 0 spiro atoms.